The highest BCUT2D eigenvalue weighted by atomic mass is 32.2. The van der Waals surface area contributed by atoms with Crippen LogP contribution in [0.15, 0.2) is 30.5 Å². The maximum absolute atomic E-state index is 12.9. The molecular weight excluding hydrogens is 678 g/mol. The molecule has 2 atom stereocenters. The molecule has 4 rings (SSSR count). The van der Waals surface area contributed by atoms with Crippen molar-refractivity contribution in [3.05, 3.63) is 41.6 Å². The molecule has 1 saturated heterocycles. The lowest BCUT2D eigenvalue weighted by Gasteiger charge is -2.35. The van der Waals surface area contributed by atoms with Crippen molar-refractivity contribution in [2.45, 2.75) is 63.4 Å². The van der Waals surface area contributed by atoms with E-state index in [1.54, 1.807) is 12.0 Å². The van der Waals surface area contributed by atoms with Gasteiger partial charge in [-0.15, -0.1) is 11.8 Å². The summed E-state index contributed by atoms with van der Waals surface area (Å²) in [7, 11) is 1.66. The molecule has 16 nitrogen and oxygen atoms in total. The molecule has 0 saturated carbocycles. The molecule has 2 aromatic heterocycles. The molecule has 3 aromatic rings. The van der Waals surface area contributed by atoms with Crippen molar-refractivity contribution < 1.29 is 34.1 Å². The van der Waals surface area contributed by atoms with Crippen LogP contribution < -0.4 is 26.8 Å². The van der Waals surface area contributed by atoms with Crippen molar-refractivity contribution in [3.8, 4) is 5.75 Å². The first-order valence-electron chi connectivity index (χ1n) is 17.1. The first-order valence-corrected chi connectivity index (χ1v) is 18.2. The number of anilines is 2. The zero-order valence-electron chi connectivity index (χ0n) is 29.2. The van der Waals surface area contributed by atoms with E-state index in [1.807, 2.05) is 24.4 Å². The Kier molecular flexibility index (Phi) is 14.7. The van der Waals surface area contributed by atoms with Gasteiger partial charge in [0.25, 0.3) is 0 Å². The Hall–Kier alpha value is -4.61. The number of aromatic nitrogens is 3. The van der Waals surface area contributed by atoms with Gasteiger partial charge in [-0.1, -0.05) is 25.8 Å². The lowest BCUT2D eigenvalue weighted by Crippen LogP contribution is -2.49. The van der Waals surface area contributed by atoms with Crippen LogP contribution in [-0.2, 0) is 32.3 Å². The Bertz CT molecular complexity index is 1660. The molecule has 1 fully saturated rings. The molecule has 2 amide bonds. The molecule has 3 heterocycles. The molecule has 0 bridgehead atoms. The second-order valence-electron chi connectivity index (χ2n) is 12.5. The van der Waals surface area contributed by atoms with E-state index in [2.05, 4.69) is 43.1 Å². The van der Waals surface area contributed by atoms with Gasteiger partial charge in [-0.2, -0.15) is 4.98 Å². The molecule has 51 heavy (non-hydrogen) atoms. The van der Waals surface area contributed by atoms with Gasteiger partial charge in [-0.05, 0) is 30.2 Å². The number of thioether (sulfide) groups is 1. The first-order chi connectivity index (χ1) is 24.5. The summed E-state index contributed by atoms with van der Waals surface area (Å²) in [6.45, 7) is 6.66. The number of carboxylic acids is 2. The lowest BCUT2D eigenvalue weighted by molar-refractivity contribution is -0.138. The van der Waals surface area contributed by atoms with Crippen LogP contribution in [0.1, 0.15) is 50.2 Å². The highest BCUT2D eigenvalue weighted by molar-refractivity contribution is 8.00. The number of fused-ring (bicyclic) bond motifs is 1. The van der Waals surface area contributed by atoms with Crippen molar-refractivity contribution >= 4 is 58.3 Å². The number of unbranched alkanes of at least 4 members (excludes halogenated alkanes) is 2. The molecule has 1 aliphatic rings. The number of hydrogen-bond donors (Lipinski definition) is 6. The third kappa shape index (κ3) is 11.5. The molecule has 0 aliphatic carbocycles. The molecule has 8 N–H and O–H groups in total. The fraction of sp³-hybridized carbons (Fsp3) is 0.529. The van der Waals surface area contributed by atoms with Crippen molar-refractivity contribution in [1.82, 2.24) is 29.7 Å². The van der Waals surface area contributed by atoms with Crippen molar-refractivity contribution in [1.29, 1.82) is 0 Å². The van der Waals surface area contributed by atoms with Gasteiger partial charge in [-0.3, -0.25) is 24.1 Å². The van der Waals surface area contributed by atoms with Crippen LogP contribution in [0.25, 0.3) is 11.0 Å². The number of amides is 2. The quantitative estimate of drug-likeness (QED) is 0.0912. The van der Waals surface area contributed by atoms with E-state index in [9.17, 15) is 19.2 Å². The van der Waals surface area contributed by atoms with E-state index < -0.39 is 35.6 Å². The van der Waals surface area contributed by atoms with Crippen LogP contribution in [0.2, 0.25) is 0 Å². The van der Waals surface area contributed by atoms with Crippen molar-refractivity contribution in [2.75, 3.05) is 63.2 Å². The van der Waals surface area contributed by atoms with E-state index >= 15 is 0 Å². The molecule has 1 aliphatic heterocycles. The largest absolute Gasteiger partial charge is 0.496 e. The van der Waals surface area contributed by atoms with Gasteiger partial charge in [0, 0.05) is 69.7 Å². The van der Waals surface area contributed by atoms with Gasteiger partial charge in [0.05, 0.1) is 30.8 Å². The molecular formula is C34H49N9O7S. The van der Waals surface area contributed by atoms with Gasteiger partial charge >= 0.3 is 11.9 Å². The van der Waals surface area contributed by atoms with E-state index in [0.717, 1.165) is 65.5 Å². The van der Waals surface area contributed by atoms with Crippen LogP contribution in [0.4, 0.5) is 11.8 Å². The zero-order valence-corrected chi connectivity index (χ0v) is 30.0. The van der Waals surface area contributed by atoms with Gasteiger partial charge in [0.15, 0.2) is 5.82 Å². The number of nitrogens with two attached hydrogens (primary N) is 2. The highest BCUT2D eigenvalue weighted by Gasteiger charge is 2.26. The minimum Gasteiger partial charge on any atom is -0.496 e. The van der Waals surface area contributed by atoms with Crippen LogP contribution >= 0.6 is 11.8 Å². The number of aliphatic carboxylic acids is 2. The topological polar surface area (TPSA) is 231 Å². The number of nitrogens with one attached hydrogen (secondary N) is 2. The summed E-state index contributed by atoms with van der Waals surface area (Å²) in [5.41, 5.74) is 15.3. The van der Waals surface area contributed by atoms with Gasteiger partial charge in [-0.25, -0.2) is 4.98 Å². The zero-order chi connectivity index (χ0) is 36.9. The number of ether oxygens (including phenoxy) is 1. The first kappa shape index (κ1) is 39.2. The average Bonchev–Trinajstić information content (AvgIpc) is 3.50. The fourth-order valence-electron chi connectivity index (χ4n) is 5.85. The Balaban J connectivity index is 1.30. The summed E-state index contributed by atoms with van der Waals surface area (Å²) in [6, 6.07) is 6.88. The summed E-state index contributed by atoms with van der Waals surface area (Å²) in [6.07, 6.45) is 4.84. The second-order valence-corrected chi connectivity index (χ2v) is 13.7. The molecule has 0 unspecified atom stereocenters. The van der Waals surface area contributed by atoms with E-state index in [1.165, 1.54) is 0 Å². The Labute approximate surface area is 301 Å². The fourth-order valence-corrected chi connectivity index (χ4v) is 6.93. The molecule has 0 spiro atoms. The Morgan fingerprint density at radius 1 is 1.04 bits per heavy atom. The van der Waals surface area contributed by atoms with Crippen LogP contribution in [0, 0.1) is 0 Å². The number of benzene rings is 1. The number of hydrogen-bond acceptors (Lipinski definition) is 12. The Morgan fingerprint density at radius 2 is 1.80 bits per heavy atom. The monoisotopic (exact) mass is 727 g/mol. The summed E-state index contributed by atoms with van der Waals surface area (Å²) in [5.74, 6) is -1.52. The number of piperazine rings is 1. The second kappa shape index (κ2) is 19.1. The summed E-state index contributed by atoms with van der Waals surface area (Å²) in [4.78, 5) is 60.7. The van der Waals surface area contributed by atoms with Crippen molar-refractivity contribution in [2.24, 2.45) is 5.73 Å². The predicted molar refractivity (Wildman–Crippen MR) is 196 cm³/mol. The summed E-state index contributed by atoms with van der Waals surface area (Å²) >= 11 is 0.871. The number of nitrogen functional groups attached to an aromatic ring is 1. The highest BCUT2D eigenvalue weighted by Crippen LogP contribution is 2.27. The average molecular weight is 728 g/mol. The SMILES string of the molecule is CCCCCNc1nc(N)nc2ccn(Cc3cc(CN4CCN(C(=O)CCNC(=O)[C@H](CC(=O)O)SC[C@H](N)C(=O)O)CC4)ccc3OC)c12. The van der Waals surface area contributed by atoms with Gasteiger partial charge in [0.2, 0.25) is 17.8 Å². The minimum absolute atomic E-state index is 0.0424. The van der Waals surface area contributed by atoms with Gasteiger partial charge < -0.3 is 46.5 Å². The van der Waals surface area contributed by atoms with Crippen molar-refractivity contribution in [3.63, 3.8) is 0 Å². The number of carbonyl (C=O) groups excluding carboxylic acids is 2. The lowest BCUT2D eigenvalue weighted by atomic mass is 10.1. The predicted octanol–water partition coefficient (Wildman–Crippen LogP) is 1.81. The maximum atomic E-state index is 12.9. The third-order valence-corrected chi connectivity index (χ3v) is 9.94. The number of methoxy groups -OCH3 is 1. The third-order valence-electron chi connectivity index (χ3n) is 8.60. The molecule has 278 valence electrons. The molecule has 1 aromatic carbocycles. The smallest absolute Gasteiger partial charge is 0.321 e. The summed E-state index contributed by atoms with van der Waals surface area (Å²) < 4.78 is 7.82. The summed E-state index contributed by atoms with van der Waals surface area (Å²) in [5, 5.41) is 23.2. The van der Waals surface area contributed by atoms with Gasteiger partial charge in [0.1, 0.15) is 17.3 Å². The van der Waals surface area contributed by atoms with E-state index in [-0.39, 0.29) is 30.6 Å². The number of rotatable bonds is 20. The number of carboxylic acid groups (broad SMARTS) is 2. The van der Waals surface area contributed by atoms with Crippen LogP contribution in [0.3, 0.4) is 0 Å². The molecule has 17 heteroatoms. The Morgan fingerprint density at radius 3 is 2.49 bits per heavy atom. The minimum atomic E-state index is -1.24. The normalized spacial score (nSPS) is 14.6. The number of nitrogens with zero attached hydrogens (tertiary/aromatic N) is 5. The maximum Gasteiger partial charge on any atom is 0.321 e. The molecule has 0 radical (unpaired) electrons. The van der Waals surface area contributed by atoms with E-state index in [0.29, 0.717) is 45.1 Å². The number of carbonyl (C=O) groups is 4. The standard InChI is InChI=1S/C34H49N9O7S/c1-3-4-5-10-37-31-30-25(39-34(36)40-31)9-12-43(30)20-23-17-22(6-7-26(23)50-2)19-41-13-15-42(16-14-41)28(44)8-11-38-32(47)27(18-29(45)46)51-21-24(35)33(48)49/h6-7,9,12,17,24,27H,3-5,8,10-11,13-16,18-21,35H2,1-2H3,(H,38,47)(H,45,46)(H,48,49)(H3,36,37,39,40)/t24-,27-/m0/s1. The van der Waals surface area contributed by atoms with E-state index in [4.69, 9.17) is 26.4 Å². The van der Waals surface area contributed by atoms with Crippen LogP contribution in [-0.4, -0.2) is 122 Å². The van der Waals surface area contributed by atoms with Crippen LogP contribution in [0.5, 0.6) is 5.75 Å².